The van der Waals surface area contributed by atoms with E-state index in [1.54, 1.807) is 11.7 Å². The van der Waals surface area contributed by atoms with Gasteiger partial charge in [-0.15, -0.1) is 0 Å². The van der Waals surface area contributed by atoms with Crippen LogP contribution < -0.4 is 16.0 Å². The molecule has 0 radical (unpaired) electrons. The lowest BCUT2D eigenvalue weighted by atomic mass is 10.1. The van der Waals surface area contributed by atoms with E-state index in [0.717, 1.165) is 49.2 Å². The molecule has 2 aromatic carbocycles. The summed E-state index contributed by atoms with van der Waals surface area (Å²) >= 11 is 0. The van der Waals surface area contributed by atoms with Crippen LogP contribution in [0.1, 0.15) is 68.3 Å². The molecule has 0 aliphatic heterocycles. The summed E-state index contributed by atoms with van der Waals surface area (Å²) in [5.74, 6) is 2.10. The van der Waals surface area contributed by atoms with Crippen LogP contribution in [0.3, 0.4) is 0 Å². The maximum Gasteiger partial charge on any atom is 0.332 e. The second-order valence-electron chi connectivity index (χ2n) is 10.0. The highest BCUT2D eigenvalue weighted by Gasteiger charge is 2.27. The Morgan fingerprint density at radius 2 is 1.62 bits per heavy atom. The first-order valence-corrected chi connectivity index (χ1v) is 13.5. The van der Waals surface area contributed by atoms with E-state index in [1.807, 2.05) is 37.3 Å². The maximum atomic E-state index is 13.8. The number of hydrogen-bond donors (Lipinski definition) is 0. The molecule has 0 unspecified atom stereocenters. The van der Waals surface area contributed by atoms with Crippen LogP contribution in [0.4, 0.5) is 0 Å². The van der Waals surface area contributed by atoms with Gasteiger partial charge in [-0.05, 0) is 55.4 Å². The highest BCUT2D eigenvalue weighted by atomic mass is 16.5. The molecule has 7 nitrogen and oxygen atoms in total. The Hall–Kier alpha value is -3.61. The van der Waals surface area contributed by atoms with Crippen molar-refractivity contribution in [2.75, 3.05) is 7.11 Å². The second-order valence-corrected chi connectivity index (χ2v) is 10.0. The van der Waals surface area contributed by atoms with E-state index in [1.165, 1.54) is 23.0 Å². The third-order valence-electron chi connectivity index (χ3n) is 7.50. The lowest BCUT2D eigenvalue weighted by Gasteiger charge is -2.14. The number of aromatic nitrogens is 4. The minimum atomic E-state index is -0.253. The van der Waals surface area contributed by atoms with Crippen LogP contribution in [-0.2, 0) is 26.1 Å². The van der Waals surface area contributed by atoms with E-state index in [9.17, 15) is 9.59 Å². The standard InChI is InChI=1S/C30H36N4O3/c1-3-19-33-29(35)26-28(32(30(33)36)20-9-12-22-15-17-25(37-2)18-16-22)31-27(24-13-7-8-14-24)34(26)21-23-10-5-4-6-11-23/h4-6,10-11,15-18,24H,3,7-9,12-14,19-21H2,1-2H3. The Bertz CT molecular complexity index is 1460. The van der Waals surface area contributed by atoms with Gasteiger partial charge in [0.2, 0.25) is 0 Å². The molecule has 5 rings (SSSR count). The van der Waals surface area contributed by atoms with Crippen molar-refractivity contribution >= 4 is 11.2 Å². The van der Waals surface area contributed by atoms with E-state index in [2.05, 4.69) is 28.8 Å². The monoisotopic (exact) mass is 500 g/mol. The minimum absolute atomic E-state index is 0.221. The van der Waals surface area contributed by atoms with Gasteiger partial charge in [0.1, 0.15) is 11.6 Å². The van der Waals surface area contributed by atoms with Crippen molar-refractivity contribution in [1.82, 2.24) is 18.7 Å². The van der Waals surface area contributed by atoms with Crippen molar-refractivity contribution in [1.29, 1.82) is 0 Å². The molecule has 0 bridgehead atoms. The van der Waals surface area contributed by atoms with Gasteiger partial charge in [0.05, 0.1) is 7.11 Å². The van der Waals surface area contributed by atoms with Crippen molar-refractivity contribution in [2.24, 2.45) is 0 Å². The molecule has 2 heterocycles. The van der Waals surface area contributed by atoms with Gasteiger partial charge >= 0.3 is 5.69 Å². The molecular weight excluding hydrogens is 464 g/mol. The van der Waals surface area contributed by atoms with Gasteiger partial charge in [-0.1, -0.05) is 62.2 Å². The quantitative estimate of drug-likeness (QED) is 0.303. The predicted octanol–water partition coefficient (Wildman–Crippen LogP) is 5.12. The van der Waals surface area contributed by atoms with Crippen LogP contribution in [-0.4, -0.2) is 25.8 Å². The van der Waals surface area contributed by atoms with E-state index in [0.29, 0.717) is 36.7 Å². The summed E-state index contributed by atoms with van der Waals surface area (Å²) in [4.78, 5) is 32.4. The van der Waals surface area contributed by atoms with Crippen LogP contribution in [0.25, 0.3) is 11.2 Å². The Balaban J connectivity index is 1.59. The fourth-order valence-corrected chi connectivity index (χ4v) is 5.58. The number of imidazole rings is 1. The van der Waals surface area contributed by atoms with Crippen molar-refractivity contribution in [3.05, 3.63) is 92.4 Å². The van der Waals surface area contributed by atoms with Crippen molar-refractivity contribution in [2.45, 2.75) is 77.4 Å². The summed E-state index contributed by atoms with van der Waals surface area (Å²) in [6, 6.07) is 18.2. The van der Waals surface area contributed by atoms with Crippen LogP contribution in [0.5, 0.6) is 5.75 Å². The third-order valence-corrected chi connectivity index (χ3v) is 7.50. The molecule has 194 valence electrons. The van der Waals surface area contributed by atoms with Gasteiger partial charge in [-0.3, -0.25) is 13.9 Å². The van der Waals surface area contributed by atoms with Crippen LogP contribution in [0.15, 0.2) is 64.2 Å². The van der Waals surface area contributed by atoms with E-state index >= 15 is 0 Å². The molecule has 1 saturated carbocycles. The Kier molecular flexibility index (Phi) is 7.58. The van der Waals surface area contributed by atoms with Gasteiger partial charge in [0.25, 0.3) is 5.56 Å². The second kappa shape index (κ2) is 11.2. The largest absolute Gasteiger partial charge is 0.497 e. The fourth-order valence-electron chi connectivity index (χ4n) is 5.58. The zero-order chi connectivity index (χ0) is 25.8. The van der Waals surface area contributed by atoms with E-state index < -0.39 is 0 Å². The molecule has 0 amide bonds. The molecule has 1 fully saturated rings. The number of hydrogen-bond acceptors (Lipinski definition) is 4. The third kappa shape index (κ3) is 5.13. The molecular formula is C30H36N4O3. The number of rotatable bonds is 10. The normalized spacial score (nSPS) is 14.0. The Labute approximate surface area is 217 Å². The molecule has 0 saturated heterocycles. The number of benzene rings is 2. The predicted molar refractivity (Wildman–Crippen MR) is 147 cm³/mol. The maximum absolute atomic E-state index is 13.8. The molecule has 0 N–H and O–H groups in total. The van der Waals surface area contributed by atoms with E-state index in [4.69, 9.17) is 9.72 Å². The molecule has 37 heavy (non-hydrogen) atoms. The van der Waals surface area contributed by atoms with Gasteiger partial charge in [-0.2, -0.15) is 0 Å². The molecule has 4 aromatic rings. The highest BCUT2D eigenvalue weighted by Crippen LogP contribution is 2.35. The van der Waals surface area contributed by atoms with Crippen molar-refractivity contribution < 1.29 is 4.74 Å². The first-order chi connectivity index (χ1) is 18.1. The summed E-state index contributed by atoms with van der Waals surface area (Å²) in [5.41, 5.74) is 2.93. The van der Waals surface area contributed by atoms with Gasteiger partial charge < -0.3 is 9.30 Å². The number of fused-ring (bicyclic) bond motifs is 1. The fraction of sp³-hybridized carbons (Fsp3) is 0.433. The van der Waals surface area contributed by atoms with Gasteiger partial charge in [-0.25, -0.2) is 9.78 Å². The number of methoxy groups -OCH3 is 1. The first-order valence-electron chi connectivity index (χ1n) is 13.5. The SMILES string of the molecule is CCCn1c(=O)c2c(nc(C3CCCC3)n2Cc2ccccc2)n(CCCc2ccc(OC)cc2)c1=O. The summed E-state index contributed by atoms with van der Waals surface area (Å²) in [5, 5.41) is 0. The average molecular weight is 501 g/mol. The first kappa shape index (κ1) is 25.1. The molecule has 1 aliphatic rings. The van der Waals surface area contributed by atoms with E-state index in [-0.39, 0.29) is 11.2 Å². The molecule has 2 aromatic heterocycles. The topological polar surface area (TPSA) is 71.1 Å². The van der Waals surface area contributed by atoms with Gasteiger partial charge in [0.15, 0.2) is 11.2 Å². The van der Waals surface area contributed by atoms with Crippen molar-refractivity contribution in [3.8, 4) is 5.75 Å². The lowest BCUT2D eigenvalue weighted by Crippen LogP contribution is -2.40. The Morgan fingerprint density at radius 1 is 0.892 bits per heavy atom. The minimum Gasteiger partial charge on any atom is -0.497 e. The smallest absolute Gasteiger partial charge is 0.332 e. The molecule has 0 spiro atoms. The van der Waals surface area contributed by atoms with Crippen LogP contribution >= 0.6 is 0 Å². The van der Waals surface area contributed by atoms with Gasteiger partial charge in [0, 0.05) is 25.6 Å². The van der Waals surface area contributed by atoms with Crippen LogP contribution in [0.2, 0.25) is 0 Å². The van der Waals surface area contributed by atoms with Crippen LogP contribution in [0, 0.1) is 0 Å². The highest BCUT2D eigenvalue weighted by molar-refractivity contribution is 5.71. The molecule has 1 aliphatic carbocycles. The number of aryl methyl sites for hydroxylation is 2. The summed E-state index contributed by atoms with van der Waals surface area (Å²) in [6.45, 7) is 3.49. The summed E-state index contributed by atoms with van der Waals surface area (Å²) < 4.78 is 10.5. The number of ether oxygens (including phenoxy) is 1. The molecule has 7 heteroatoms. The zero-order valence-electron chi connectivity index (χ0n) is 21.9. The lowest BCUT2D eigenvalue weighted by molar-refractivity contribution is 0.414. The Morgan fingerprint density at radius 3 is 2.30 bits per heavy atom. The average Bonchev–Trinajstić information content (AvgIpc) is 3.58. The summed E-state index contributed by atoms with van der Waals surface area (Å²) in [7, 11) is 1.66. The molecule has 0 atom stereocenters. The number of nitrogens with zero attached hydrogens (tertiary/aromatic N) is 4. The van der Waals surface area contributed by atoms with Crippen molar-refractivity contribution in [3.63, 3.8) is 0 Å². The zero-order valence-corrected chi connectivity index (χ0v) is 21.9. The summed E-state index contributed by atoms with van der Waals surface area (Å²) in [6.07, 6.45) is 6.81.